The zero-order chi connectivity index (χ0) is 10.4. The molecule has 0 spiro atoms. The molecule has 14 heavy (non-hydrogen) atoms. The first-order valence-electron chi connectivity index (χ1n) is 6.46. The zero-order valence-electron chi connectivity index (χ0n) is 10.0. The SMILES string of the molecule is CCCCC1CCC(CC)(CN)CC1. The molecule has 1 aliphatic rings. The maximum Gasteiger partial charge on any atom is -0.00206 e. The van der Waals surface area contributed by atoms with Gasteiger partial charge >= 0.3 is 0 Å². The summed E-state index contributed by atoms with van der Waals surface area (Å²) in [6.07, 6.45) is 11.2. The predicted molar refractivity (Wildman–Crippen MR) is 63.3 cm³/mol. The second kappa shape index (κ2) is 5.75. The molecule has 0 amide bonds. The molecule has 84 valence electrons. The van der Waals surface area contributed by atoms with E-state index in [2.05, 4.69) is 13.8 Å². The quantitative estimate of drug-likeness (QED) is 0.714. The van der Waals surface area contributed by atoms with E-state index in [0.717, 1.165) is 12.5 Å². The standard InChI is InChI=1S/C13H27N/c1-3-5-6-12-7-9-13(4-2,11-14)10-8-12/h12H,3-11,14H2,1-2H3. The second-order valence-corrected chi connectivity index (χ2v) is 5.14. The van der Waals surface area contributed by atoms with Crippen LogP contribution < -0.4 is 5.73 Å². The topological polar surface area (TPSA) is 26.0 Å². The first-order chi connectivity index (χ1) is 6.76. The molecule has 0 aromatic carbocycles. The van der Waals surface area contributed by atoms with Gasteiger partial charge in [0, 0.05) is 0 Å². The van der Waals surface area contributed by atoms with Crippen molar-refractivity contribution in [3.63, 3.8) is 0 Å². The number of nitrogens with two attached hydrogens (primary N) is 1. The van der Waals surface area contributed by atoms with Gasteiger partial charge in [-0.25, -0.2) is 0 Å². The molecule has 0 aliphatic heterocycles. The Morgan fingerprint density at radius 1 is 1.21 bits per heavy atom. The van der Waals surface area contributed by atoms with E-state index in [9.17, 15) is 0 Å². The number of rotatable bonds is 5. The zero-order valence-corrected chi connectivity index (χ0v) is 10.0. The van der Waals surface area contributed by atoms with Crippen molar-refractivity contribution in [1.29, 1.82) is 0 Å². The molecule has 1 aliphatic carbocycles. The van der Waals surface area contributed by atoms with E-state index in [0.29, 0.717) is 5.41 Å². The minimum absolute atomic E-state index is 0.517. The summed E-state index contributed by atoms with van der Waals surface area (Å²) in [5.74, 6) is 1.01. The highest BCUT2D eigenvalue weighted by Gasteiger charge is 2.31. The van der Waals surface area contributed by atoms with Crippen LogP contribution >= 0.6 is 0 Å². The molecule has 2 N–H and O–H groups in total. The number of hydrogen-bond donors (Lipinski definition) is 1. The third-order valence-electron chi connectivity index (χ3n) is 4.31. The Hall–Kier alpha value is -0.0400. The van der Waals surface area contributed by atoms with Crippen LogP contribution in [0.5, 0.6) is 0 Å². The van der Waals surface area contributed by atoms with Crippen molar-refractivity contribution in [2.75, 3.05) is 6.54 Å². The van der Waals surface area contributed by atoms with Crippen LogP contribution in [0.15, 0.2) is 0 Å². The molecule has 1 saturated carbocycles. The normalized spacial score (nSPS) is 33.2. The lowest BCUT2D eigenvalue weighted by molar-refractivity contribution is 0.145. The summed E-state index contributed by atoms with van der Waals surface area (Å²) >= 11 is 0. The van der Waals surface area contributed by atoms with Crippen LogP contribution in [0.25, 0.3) is 0 Å². The van der Waals surface area contributed by atoms with Gasteiger partial charge in [0.25, 0.3) is 0 Å². The molecule has 0 bridgehead atoms. The van der Waals surface area contributed by atoms with Crippen molar-refractivity contribution in [2.24, 2.45) is 17.1 Å². The molecule has 1 rings (SSSR count). The van der Waals surface area contributed by atoms with Crippen molar-refractivity contribution < 1.29 is 0 Å². The van der Waals surface area contributed by atoms with Gasteiger partial charge in [0.2, 0.25) is 0 Å². The van der Waals surface area contributed by atoms with E-state index in [1.54, 1.807) is 0 Å². The number of hydrogen-bond acceptors (Lipinski definition) is 1. The first-order valence-corrected chi connectivity index (χ1v) is 6.46. The third-order valence-corrected chi connectivity index (χ3v) is 4.31. The van der Waals surface area contributed by atoms with Gasteiger partial charge in [0.15, 0.2) is 0 Å². The molecule has 0 unspecified atom stereocenters. The van der Waals surface area contributed by atoms with Gasteiger partial charge in [-0.3, -0.25) is 0 Å². The fourth-order valence-corrected chi connectivity index (χ4v) is 2.77. The lowest BCUT2D eigenvalue weighted by Crippen LogP contribution is -2.34. The second-order valence-electron chi connectivity index (χ2n) is 5.14. The lowest BCUT2D eigenvalue weighted by Gasteiger charge is -2.39. The molecule has 0 radical (unpaired) electrons. The molecular formula is C13H27N. The van der Waals surface area contributed by atoms with Gasteiger partial charge in [0.1, 0.15) is 0 Å². The lowest BCUT2D eigenvalue weighted by atomic mass is 9.68. The van der Waals surface area contributed by atoms with Crippen molar-refractivity contribution in [2.45, 2.75) is 65.2 Å². The fraction of sp³-hybridized carbons (Fsp3) is 1.00. The van der Waals surface area contributed by atoms with E-state index in [1.165, 1.54) is 51.4 Å². The average molecular weight is 197 g/mol. The largest absolute Gasteiger partial charge is 0.330 e. The van der Waals surface area contributed by atoms with E-state index in [-0.39, 0.29) is 0 Å². The smallest absolute Gasteiger partial charge is 0.00206 e. The van der Waals surface area contributed by atoms with Gasteiger partial charge in [-0.15, -0.1) is 0 Å². The Bertz CT molecular complexity index is 139. The summed E-state index contributed by atoms with van der Waals surface area (Å²) in [6, 6.07) is 0. The van der Waals surface area contributed by atoms with Crippen molar-refractivity contribution in [3.8, 4) is 0 Å². The van der Waals surface area contributed by atoms with E-state index < -0.39 is 0 Å². The maximum atomic E-state index is 5.89. The van der Waals surface area contributed by atoms with E-state index in [4.69, 9.17) is 5.73 Å². The molecule has 0 aromatic heterocycles. The molecule has 0 aromatic rings. The van der Waals surface area contributed by atoms with Crippen molar-refractivity contribution in [1.82, 2.24) is 0 Å². The Morgan fingerprint density at radius 3 is 2.29 bits per heavy atom. The summed E-state index contributed by atoms with van der Waals surface area (Å²) < 4.78 is 0. The Labute approximate surface area is 89.5 Å². The van der Waals surface area contributed by atoms with Gasteiger partial charge in [-0.05, 0) is 50.0 Å². The van der Waals surface area contributed by atoms with Crippen LogP contribution in [-0.2, 0) is 0 Å². The fourth-order valence-electron chi connectivity index (χ4n) is 2.77. The highest BCUT2D eigenvalue weighted by Crippen LogP contribution is 2.41. The van der Waals surface area contributed by atoms with Crippen LogP contribution in [0.4, 0.5) is 0 Å². The van der Waals surface area contributed by atoms with Gasteiger partial charge in [0.05, 0.1) is 0 Å². The maximum absolute atomic E-state index is 5.89. The van der Waals surface area contributed by atoms with Gasteiger partial charge in [-0.2, -0.15) is 0 Å². The van der Waals surface area contributed by atoms with Crippen molar-refractivity contribution in [3.05, 3.63) is 0 Å². The van der Waals surface area contributed by atoms with Crippen LogP contribution in [0.3, 0.4) is 0 Å². The number of unbranched alkanes of at least 4 members (excludes halogenated alkanes) is 1. The summed E-state index contributed by atoms with van der Waals surface area (Å²) in [5.41, 5.74) is 6.41. The van der Waals surface area contributed by atoms with Crippen LogP contribution in [0.2, 0.25) is 0 Å². The van der Waals surface area contributed by atoms with Crippen LogP contribution in [-0.4, -0.2) is 6.54 Å². The summed E-state index contributed by atoms with van der Waals surface area (Å²) in [7, 11) is 0. The molecule has 0 saturated heterocycles. The molecule has 1 nitrogen and oxygen atoms in total. The summed E-state index contributed by atoms with van der Waals surface area (Å²) in [5, 5.41) is 0. The van der Waals surface area contributed by atoms with Crippen LogP contribution in [0, 0.1) is 11.3 Å². The monoisotopic (exact) mass is 197 g/mol. The third kappa shape index (κ3) is 2.98. The molecule has 1 fully saturated rings. The van der Waals surface area contributed by atoms with Crippen molar-refractivity contribution >= 4 is 0 Å². The van der Waals surface area contributed by atoms with Crippen LogP contribution in [0.1, 0.15) is 65.2 Å². The van der Waals surface area contributed by atoms with Gasteiger partial charge < -0.3 is 5.73 Å². The Balaban J connectivity index is 2.29. The van der Waals surface area contributed by atoms with E-state index in [1.807, 2.05) is 0 Å². The van der Waals surface area contributed by atoms with E-state index >= 15 is 0 Å². The molecular weight excluding hydrogens is 170 g/mol. The predicted octanol–water partition coefficient (Wildman–Crippen LogP) is 3.72. The summed E-state index contributed by atoms with van der Waals surface area (Å²) in [6.45, 7) is 5.50. The highest BCUT2D eigenvalue weighted by atomic mass is 14.6. The Kier molecular flexibility index (Phi) is 4.94. The minimum Gasteiger partial charge on any atom is -0.330 e. The first kappa shape index (κ1) is 12.0. The minimum atomic E-state index is 0.517. The average Bonchev–Trinajstić information content (AvgIpc) is 2.27. The Morgan fingerprint density at radius 2 is 1.86 bits per heavy atom. The highest BCUT2D eigenvalue weighted by molar-refractivity contribution is 4.85. The molecule has 0 atom stereocenters. The summed E-state index contributed by atoms with van der Waals surface area (Å²) in [4.78, 5) is 0. The molecule has 1 heteroatoms. The molecule has 0 heterocycles. The van der Waals surface area contributed by atoms with Gasteiger partial charge in [-0.1, -0.05) is 33.1 Å².